The molecule has 0 bridgehead atoms. The van der Waals surface area contributed by atoms with Crippen molar-refractivity contribution in [1.29, 1.82) is 0 Å². The predicted molar refractivity (Wildman–Crippen MR) is 109 cm³/mol. The molecule has 0 radical (unpaired) electrons. The summed E-state index contributed by atoms with van der Waals surface area (Å²) in [5, 5.41) is 0. The molecule has 0 saturated carbocycles. The SMILES string of the molecule is FC(F)(F)c1ncc(Oc2cccc(N3CCCC3)c2)cn1.NC(=O)COC1CCOC1. The second-order valence-corrected chi connectivity index (χ2v) is 7.30. The Morgan fingerprint density at radius 3 is 2.50 bits per heavy atom. The molecule has 174 valence electrons. The summed E-state index contributed by atoms with van der Waals surface area (Å²) in [5.41, 5.74) is 5.91. The maximum atomic E-state index is 12.4. The minimum absolute atomic E-state index is 0.00796. The molecule has 4 rings (SSSR count). The number of hydrogen-bond acceptors (Lipinski definition) is 7. The number of carbonyl (C=O) groups excluding carboxylic acids is 1. The fourth-order valence-electron chi connectivity index (χ4n) is 3.21. The van der Waals surface area contributed by atoms with Crippen LogP contribution in [-0.4, -0.2) is 54.9 Å². The number of benzene rings is 1. The fourth-order valence-corrected chi connectivity index (χ4v) is 3.21. The lowest BCUT2D eigenvalue weighted by molar-refractivity contribution is -0.145. The second kappa shape index (κ2) is 11.1. The maximum Gasteiger partial charge on any atom is 0.451 e. The Bertz CT molecular complexity index is 868. The van der Waals surface area contributed by atoms with Crippen LogP contribution in [0.25, 0.3) is 0 Å². The van der Waals surface area contributed by atoms with E-state index in [1.807, 2.05) is 18.2 Å². The van der Waals surface area contributed by atoms with E-state index in [1.165, 1.54) is 0 Å². The quantitative estimate of drug-likeness (QED) is 0.716. The highest BCUT2D eigenvalue weighted by Crippen LogP contribution is 2.29. The molecule has 2 saturated heterocycles. The van der Waals surface area contributed by atoms with E-state index in [-0.39, 0.29) is 18.5 Å². The molecule has 1 atom stereocenters. The van der Waals surface area contributed by atoms with E-state index >= 15 is 0 Å². The topological polar surface area (TPSA) is 99.8 Å². The standard InChI is InChI=1S/C15H14F3N3O.C6H11NO3/c16-15(17,18)14-19-9-13(10-20-14)22-12-5-3-4-11(8-12)21-6-1-2-7-21;7-6(8)4-10-5-1-2-9-3-5/h3-5,8-10H,1-2,6-7H2;5H,1-4H2,(H2,7,8). The normalized spacial score (nSPS) is 18.2. The van der Waals surface area contributed by atoms with Gasteiger partial charge in [0.15, 0.2) is 5.75 Å². The van der Waals surface area contributed by atoms with Gasteiger partial charge >= 0.3 is 6.18 Å². The van der Waals surface area contributed by atoms with Crippen molar-refractivity contribution in [1.82, 2.24) is 9.97 Å². The van der Waals surface area contributed by atoms with E-state index < -0.39 is 17.9 Å². The number of halogens is 3. The third-order valence-corrected chi connectivity index (χ3v) is 4.76. The second-order valence-electron chi connectivity index (χ2n) is 7.30. The zero-order chi connectivity index (χ0) is 23.0. The van der Waals surface area contributed by atoms with Crippen LogP contribution in [0.15, 0.2) is 36.7 Å². The van der Waals surface area contributed by atoms with Crippen LogP contribution in [0.1, 0.15) is 25.1 Å². The van der Waals surface area contributed by atoms with Crippen molar-refractivity contribution >= 4 is 11.6 Å². The Balaban J connectivity index is 0.000000243. The first-order valence-electron chi connectivity index (χ1n) is 10.2. The summed E-state index contributed by atoms with van der Waals surface area (Å²) in [5.74, 6) is -0.878. The number of primary amides is 1. The molecule has 2 N–H and O–H groups in total. The van der Waals surface area contributed by atoms with Gasteiger partial charge < -0.3 is 24.8 Å². The number of rotatable bonds is 6. The minimum atomic E-state index is -4.55. The molecule has 11 heteroatoms. The third-order valence-electron chi connectivity index (χ3n) is 4.76. The van der Waals surface area contributed by atoms with Gasteiger partial charge in [-0.1, -0.05) is 6.07 Å². The van der Waals surface area contributed by atoms with E-state index in [9.17, 15) is 18.0 Å². The lowest BCUT2D eigenvalue weighted by Crippen LogP contribution is -2.23. The van der Waals surface area contributed by atoms with Gasteiger partial charge in [0.1, 0.15) is 12.4 Å². The van der Waals surface area contributed by atoms with Crippen LogP contribution < -0.4 is 15.4 Å². The van der Waals surface area contributed by atoms with Crippen molar-refractivity contribution in [2.45, 2.75) is 31.5 Å². The monoisotopic (exact) mass is 454 g/mol. The molecule has 8 nitrogen and oxygen atoms in total. The largest absolute Gasteiger partial charge is 0.454 e. The molecular weight excluding hydrogens is 429 g/mol. The molecule has 0 spiro atoms. The molecule has 0 aliphatic carbocycles. The number of nitrogens with zero attached hydrogens (tertiary/aromatic N) is 3. The smallest absolute Gasteiger partial charge is 0.451 e. The molecule has 1 aromatic carbocycles. The first-order valence-corrected chi connectivity index (χ1v) is 10.2. The van der Waals surface area contributed by atoms with Crippen LogP contribution in [0.2, 0.25) is 0 Å². The van der Waals surface area contributed by atoms with Crippen molar-refractivity contribution in [3.63, 3.8) is 0 Å². The van der Waals surface area contributed by atoms with Crippen molar-refractivity contribution in [2.24, 2.45) is 5.73 Å². The summed E-state index contributed by atoms with van der Waals surface area (Å²) in [6.45, 7) is 3.34. The third kappa shape index (κ3) is 7.34. The summed E-state index contributed by atoms with van der Waals surface area (Å²) >= 11 is 0. The van der Waals surface area contributed by atoms with Crippen LogP contribution in [0.3, 0.4) is 0 Å². The number of ether oxygens (including phenoxy) is 3. The van der Waals surface area contributed by atoms with Gasteiger partial charge in [-0.05, 0) is 31.4 Å². The molecule has 3 heterocycles. The Hall–Kier alpha value is -2.92. The first kappa shape index (κ1) is 23.7. The molecule has 1 aromatic heterocycles. The zero-order valence-corrected chi connectivity index (χ0v) is 17.4. The number of aromatic nitrogens is 2. The summed E-state index contributed by atoms with van der Waals surface area (Å²) in [6.07, 6.45) is 0.779. The number of carbonyl (C=O) groups is 1. The van der Waals surface area contributed by atoms with Gasteiger partial charge in [-0.15, -0.1) is 0 Å². The number of hydrogen-bond donors (Lipinski definition) is 1. The van der Waals surface area contributed by atoms with Gasteiger partial charge in [0.2, 0.25) is 11.7 Å². The highest BCUT2D eigenvalue weighted by atomic mass is 19.4. The van der Waals surface area contributed by atoms with Gasteiger partial charge in [0, 0.05) is 31.5 Å². The summed E-state index contributed by atoms with van der Waals surface area (Å²) in [4.78, 5) is 19.0. The van der Waals surface area contributed by atoms with Crippen molar-refractivity contribution < 1.29 is 32.2 Å². The Kier molecular flexibility index (Phi) is 8.23. The number of nitrogens with two attached hydrogens (primary N) is 1. The average molecular weight is 454 g/mol. The number of alkyl halides is 3. The Morgan fingerprint density at radius 2 is 1.91 bits per heavy atom. The van der Waals surface area contributed by atoms with Crippen molar-refractivity contribution in [2.75, 3.05) is 37.8 Å². The van der Waals surface area contributed by atoms with Gasteiger partial charge in [-0.3, -0.25) is 4.79 Å². The van der Waals surface area contributed by atoms with Crippen LogP contribution in [0, 0.1) is 0 Å². The van der Waals surface area contributed by atoms with E-state index in [0.717, 1.165) is 57.0 Å². The Morgan fingerprint density at radius 1 is 1.19 bits per heavy atom. The van der Waals surface area contributed by atoms with Crippen LogP contribution in [-0.2, 0) is 20.4 Å². The summed E-state index contributed by atoms with van der Waals surface area (Å²) in [6, 6.07) is 7.45. The maximum absolute atomic E-state index is 12.4. The van der Waals surface area contributed by atoms with Crippen LogP contribution in [0.5, 0.6) is 11.5 Å². The minimum Gasteiger partial charge on any atom is -0.454 e. The zero-order valence-electron chi connectivity index (χ0n) is 17.4. The van der Waals surface area contributed by atoms with Gasteiger partial charge in [-0.2, -0.15) is 13.2 Å². The lowest BCUT2D eigenvalue weighted by atomic mass is 10.3. The summed E-state index contributed by atoms with van der Waals surface area (Å²) < 4.78 is 52.8. The number of anilines is 1. The molecule has 1 amide bonds. The first-order chi connectivity index (χ1) is 15.3. The van der Waals surface area contributed by atoms with Crippen LogP contribution in [0.4, 0.5) is 18.9 Å². The highest BCUT2D eigenvalue weighted by molar-refractivity contribution is 5.75. The fraction of sp³-hybridized carbons (Fsp3) is 0.476. The molecule has 2 aromatic rings. The van der Waals surface area contributed by atoms with Crippen molar-refractivity contribution in [3.8, 4) is 11.5 Å². The van der Waals surface area contributed by atoms with Gasteiger partial charge in [-0.25, -0.2) is 9.97 Å². The Labute approximate surface area is 183 Å². The van der Waals surface area contributed by atoms with E-state index in [0.29, 0.717) is 12.4 Å². The lowest BCUT2D eigenvalue weighted by Gasteiger charge is -2.18. The van der Waals surface area contributed by atoms with Gasteiger partial charge in [0.05, 0.1) is 25.1 Å². The molecule has 32 heavy (non-hydrogen) atoms. The van der Waals surface area contributed by atoms with Gasteiger partial charge in [0.25, 0.3) is 0 Å². The van der Waals surface area contributed by atoms with E-state index in [1.54, 1.807) is 6.07 Å². The number of amides is 1. The molecule has 2 aliphatic heterocycles. The molecule has 2 fully saturated rings. The predicted octanol–water partition coefficient (Wildman–Crippen LogP) is 3.17. The van der Waals surface area contributed by atoms with Crippen molar-refractivity contribution in [3.05, 3.63) is 42.5 Å². The van der Waals surface area contributed by atoms with Crippen LogP contribution >= 0.6 is 0 Å². The summed E-state index contributed by atoms with van der Waals surface area (Å²) in [7, 11) is 0. The highest BCUT2D eigenvalue weighted by Gasteiger charge is 2.34. The molecule has 2 aliphatic rings. The molecular formula is C21H25F3N4O4. The molecule has 1 unspecified atom stereocenters. The average Bonchev–Trinajstić information content (AvgIpc) is 3.47. The van der Waals surface area contributed by atoms with E-state index in [4.69, 9.17) is 19.9 Å². The van der Waals surface area contributed by atoms with E-state index in [2.05, 4.69) is 14.9 Å².